The molecule has 4 heteroatoms. The Morgan fingerprint density at radius 1 is 1.32 bits per heavy atom. The number of rotatable bonds is 3. The van der Waals surface area contributed by atoms with Gasteiger partial charge < -0.3 is 5.32 Å². The second-order valence-corrected chi connectivity index (χ2v) is 5.83. The first-order valence-electron chi connectivity index (χ1n) is 6.37. The van der Waals surface area contributed by atoms with Gasteiger partial charge in [-0.15, -0.1) is 11.3 Å². The maximum Gasteiger partial charge on any atom is 0.0646 e. The third-order valence-electron chi connectivity index (χ3n) is 3.35. The van der Waals surface area contributed by atoms with Gasteiger partial charge in [0.1, 0.15) is 0 Å². The van der Waals surface area contributed by atoms with Crippen LogP contribution in [0.1, 0.15) is 24.2 Å². The van der Waals surface area contributed by atoms with Gasteiger partial charge in [-0.1, -0.05) is 0 Å². The number of hydrogen-bond donors (Lipinski definition) is 1. The van der Waals surface area contributed by atoms with Gasteiger partial charge in [0, 0.05) is 29.2 Å². The summed E-state index contributed by atoms with van der Waals surface area (Å²) in [4.78, 5) is 0. The average molecular weight is 271 g/mol. The van der Waals surface area contributed by atoms with E-state index in [1.54, 1.807) is 11.3 Å². The lowest BCUT2D eigenvalue weighted by molar-refractivity contribution is 0.756. The quantitative estimate of drug-likeness (QED) is 0.776. The molecule has 2 aromatic heterocycles. The molecule has 1 unspecified atom stereocenters. The summed E-state index contributed by atoms with van der Waals surface area (Å²) < 4.78 is 3.20. The number of benzene rings is 1. The van der Waals surface area contributed by atoms with Crippen molar-refractivity contribution in [2.24, 2.45) is 7.05 Å². The molecule has 0 fully saturated rings. The molecule has 0 spiro atoms. The lowest BCUT2D eigenvalue weighted by Gasteiger charge is -2.14. The molecule has 0 radical (unpaired) electrons. The van der Waals surface area contributed by atoms with Crippen LogP contribution in [-0.4, -0.2) is 9.78 Å². The second kappa shape index (κ2) is 4.70. The molecule has 2 heterocycles. The first-order valence-corrected chi connectivity index (χ1v) is 7.25. The van der Waals surface area contributed by atoms with E-state index in [2.05, 4.69) is 60.1 Å². The van der Waals surface area contributed by atoms with Gasteiger partial charge >= 0.3 is 0 Å². The molecule has 0 saturated carbocycles. The van der Waals surface area contributed by atoms with Crippen LogP contribution in [0.5, 0.6) is 0 Å². The molecule has 98 valence electrons. The molecule has 3 aromatic rings. The molecule has 0 aliphatic rings. The van der Waals surface area contributed by atoms with E-state index in [0.717, 1.165) is 11.4 Å². The molecule has 3 rings (SSSR count). The Morgan fingerprint density at radius 3 is 2.89 bits per heavy atom. The monoisotopic (exact) mass is 271 g/mol. The van der Waals surface area contributed by atoms with Crippen molar-refractivity contribution in [3.05, 3.63) is 47.1 Å². The highest BCUT2D eigenvalue weighted by Gasteiger charge is 2.11. The van der Waals surface area contributed by atoms with Gasteiger partial charge in [-0.05, 0) is 48.9 Å². The largest absolute Gasteiger partial charge is 0.378 e. The summed E-state index contributed by atoms with van der Waals surface area (Å²) in [5.74, 6) is 0. The lowest BCUT2D eigenvalue weighted by atomic mass is 10.1. The zero-order chi connectivity index (χ0) is 13.4. The molecule has 0 aliphatic carbocycles. The van der Waals surface area contributed by atoms with E-state index in [1.807, 2.05) is 11.7 Å². The molecule has 19 heavy (non-hydrogen) atoms. The van der Waals surface area contributed by atoms with Crippen LogP contribution in [0, 0.1) is 6.92 Å². The maximum absolute atomic E-state index is 4.39. The van der Waals surface area contributed by atoms with Crippen molar-refractivity contribution in [1.82, 2.24) is 9.78 Å². The molecule has 0 amide bonds. The number of thiophene rings is 1. The van der Waals surface area contributed by atoms with Crippen LogP contribution in [-0.2, 0) is 7.05 Å². The van der Waals surface area contributed by atoms with E-state index in [1.165, 1.54) is 15.6 Å². The number of nitrogens with one attached hydrogen (secondary N) is 1. The molecular formula is C15H17N3S. The van der Waals surface area contributed by atoms with E-state index in [4.69, 9.17) is 0 Å². The standard InChI is InChI=1S/C15H17N3S/c1-10(14-9-18(3)17-11(14)2)16-13-4-5-15-12(8-13)6-7-19-15/h4-10,16H,1-3H3. The SMILES string of the molecule is Cc1nn(C)cc1C(C)Nc1ccc2sccc2c1. The zero-order valence-electron chi connectivity index (χ0n) is 11.3. The summed E-state index contributed by atoms with van der Waals surface area (Å²) in [6.07, 6.45) is 2.08. The van der Waals surface area contributed by atoms with Crippen LogP contribution in [0.2, 0.25) is 0 Å². The van der Waals surface area contributed by atoms with Crippen molar-refractivity contribution in [3.8, 4) is 0 Å². The third-order valence-corrected chi connectivity index (χ3v) is 4.25. The minimum atomic E-state index is 0.254. The van der Waals surface area contributed by atoms with E-state index in [9.17, 15) is 0 Å². The van der Waals surface area contributed by atoms with Crippen LogP contribution in [0.25, 0.3) is 10.1 Å². The number of aromatic nitrogens is 2. The molecule has 1 aromatic carbocycles. The maximum atomic E-state index is 4.39. The summed E-state index contributed by atoms with van der Waals surface area (Å²) in [7, 11) is 1.96. The van der Waals surface area contributed by atoms with Gasteiger partial charge in [0.05, 0.1) is 11.7 Å². The molecule has 1 atom stereocenters. The predicted molar refractivity (Wildman–Crippen MR) is 81.8 cm³/mol. The smallest absolute Gasteiger partial charge is 0.0646 e. The van der Waals surface area contributed by atoms with Crippen molar-refractivity contribution in [3.63, 3.8) is 0 Å². The molecule has 3 nitrogen and oxygen atoms in total. The Hall–Kier alpha value is -1.81. The second-order valence-electron chi connectivity index (χ2n) is 4.88. The van der Waals surface area contributed by atoms with Gasteiger partial charge in [0.25, 0.3) is 0 Å². The Labute approximate surface area is 116 Å². The van der Waals surface area contributed by atoms with Crippen LogP contribution in [0.4, 0.5) is 5.69 Å². The highest BCUT2D eigenvalue weighted by molar-refractivity contribution is 7.17. The summed E-state index contributed by atoms with van der Waals surface area (Å²) >= 11 is 1.78. The molecule has 0 saturated heterocycles. The van der Waals surface area contributed by atoms with Gasteiger partial charge in [-0.2, -0.15) is 5.10 Å². The zero-order valence-corrected chi connectivity index (χ0v) is 12.2. The van der Waals surface area contributed by atoms with Crippen molar-refractivity contribution in [2.75, 3.05) is 5.32 Å². The van der Waals surface area contributed by atoms with E-state index < -0.39 is 0 Å². The number of anilines is 1. The average Bonchev–Trinajstić information content (AvgIpc) is 2.94. The Morgan fingerprint density at radius 2 is 2.16 bits per heavy atom. The van der Waals surface area contributed by atoms with Gasteiger partial charge in [0.2, 0.25) is 0 Å². The molecular weight excluding hydrogens is 254 g/mol. The third kappa shape index (κ3) is 2.36. The summed E-state index contributed by atoms with van der Waals surface area (Å²) in [5, 5.41) is 11.4. The van der Waals surface area contributed by atoms with Crippen LogP contribution in [0.3, 0.4) is 0 Å². The summed E-state index contributed by atoms with van der Waals surface area (Å²) in [5.41, 5.74) is 3.48. The molecule has 0 aliphatic heterocycles. The highest BCUT2D eigenvalue weighted by atomic mass is 32.1. The van der Waals surface area contributed by atoms with Crippen LogP contribution >= 0.6 is 11.3 Å². The Bertz CT molecular complexity index is 711. The highest BCUT2D eigenvalue weighted by Crippen LogP contribution is 2.27. The number of nitrogens with zero attached hydrogens (tertiary/aromatic N) is 2. The summed E-state index contributed by atoms with van der Waals surface area (Å²) in [6.45, 7) is 4.22. The fourth-order valence-electron chi connectivity index (χ4n) is 2.43. The van der Waals surface area contributed by atoms with Crippen LogP contribution < -0.4 is 5.32 Å². The number of aryl methyl sites for hydroxylation is 2. The van der Waals surface area contributed by atoms with E-state index in [0.29, 0.717) is 0 Å². The van der Waals surface area contributed by atoms with Gasteiger partial charge in [0.15, 0.2) is 0 Å². The topological polar surface area (TPSA) is 29.9 Å². The minimum absolute atomic E-state index is 0.254. The van der Waals surface area contributed by atoms with E-state index in [-0.39, 0.29) is 6.04 Å². The Kier molecular flexibility index (Phi) is 3.03. The summed E-state index contributed by atoms with van der Waals surface area (Å²) in [6, 6.07) is 8.93. The fourth-order valence-corrected chi connectivity index (χ4v) is 3.20. The molecule has 1 N–H and O–H groups in total. The van der Waals surface area contributed by atoms with Crippen molar-refractivity contribution >= 4 is 27.1 Å². The minimum Gasteiger partial charge on any atom is -0.378 e. The van der Waals surface area contributed by atoms with Gasteiger partial charge in [-0.25, -0.2) is 0 Å². The predicted octanol–water partition coefficient (Wildman–Crippen LogP) is 4.12. The number of hydrogen-bond acceptors (Lipinski definition) is 3. The van der Waals surface area contributed by atoms with E-state index >= 15 is 0 Å². The lowest BCUT2D eigenvalue weighted by Crippen LogP contribution is -2.06. The van der Waals surface area contributed by atoms with Crippen molar-refractivity contribution in [1.29, 1.82) is 0 Å². The number of fused-ring (bicyclic) bond motifs is 1. The Balaban J connectivity index is 1.85. The first kappa shape index (κ1) is 12.2. The van der Waals surface area contributed by atoms with Crippen LogP contribution in [0.15, 0.2) is 35.8 Å². The fraction of sp³-hybridized carbons (Fsp3) is 0.267. The first-order chi connectivity index (χ1) is 9.13. The van der Waals surface area contributed by atoms with Gasteiger partial charge in [-0.3, -0.25) is 4.68 Å². The van der Waals surface area contributed by atoms with Crippen molar-refractivity contribution < 1.29 is 0 Å². The van der Waals surface area contributed by atoms with Crippen molar-refractivity contribution in [2.45, 2.75) is 19.9 Å². The molecule has 0 bridgehead atoms. The normalized spacial score (nSPS) is 12.8.